The van der Waals surface area contributed by atoms with Crippen molar-refractivity contribution in [1.82, 2.24) is 15.2 Å². The molecule has 1 saturated heterocycles. The first-order valence-corrected chi connectivity index (χ1v) is 9.74. The van der Waals surface area contributed by atoms with Crippen molar-refractivity contribution >= 4 is 17.5 Å². The van der Waals surface area contributed by atoms with Gasteiger partial charge in [-0.2, -0.15) is 0 Å². The van der Waals surface area contributed by atoms with Crippen molar-refractivity contribution in [2.24, 2.45) is 0 Å². The summed E-state index contributed by atoms with van der Waals surface area (Å²) in [6, 6.07) is 11.1. The normalized spacial score (nSPS) is 16.0. The van der Waals surface area contributed by atoms with Crippen LogP contribution < -0.4 is 25.0 Å². The average Bonchev–Trinajstić information content (AvgIpc) is 3.17. The summed E-state index contributed by atoms with van der Waals surface area (Å²) in [5.41, 5.74) is 0.652. The van der Waals surface area contributed by atoms with Crippen LogP contribution in [0.1, 0.15) is 6.42 Å². The van der Waals surface area contributed by atoms with Crippen molar-refractivity contribution < 1.29 is 14.3 Å². The van der Waals surface area contributed by atoms with E-state index in [-0.39, 0.29) is 12.1 Å². The Morgan fingerprint density at radius 2 is 2.14 bits per heavy atom. The van der Waals surface area contributed by atoms with Gasteiger partial charge >= 0.3 is 6.03 Å². The van der Waals surface area contributed by atoms with Crippen LogP contribution in [0.25, 0.3) is 0 Å². The lowest BCUT2D eigenvalue weighted by atomic mass is 10.2. The van der Waals surface area contributed by atoms with Gasteiger partial charge in [0.1, 0.15) is 12.4 Å². The van der Waals surface area contributed by atoms with E-state index in [9.17, 15) is 4.79 Å². The number of carbonyl (C=O) groups is 1. The Kier molecular flexibility index (Phi) is 7.13. The standard InChI is InChI=1S/C21H29N5O3/c1-25(2)12-13-29-18-8-7-16(14-19(18)28-3)23-21(27)24-17-9-11-26(15-17)20-6-4-5-10-22-20/h4-8,10,14,17H,9,11-13,15H2,1-3H3,(H2,23,24,27). The smallest absolute Gasteiger partial charge is 0.319 e. The number of nitrogens with zero attached hydrogens (tertiary/aromatic N) is 3. The molecule has 1 fully saturated rings. The molecule has 2 amide bonds. The molecule has 0 aliphatic carbocycles. The minimum absolute atomic E-state index is 0.0764. The molecule has 3 rings (SSSR count). The minimum atomic E-state index is -0.235. The van der Waals surface area contributed by atoms with Crippen LogP contribution in [0.5, 0.6) is 11.5 Å². The summed E-state index contributed by atoms with van der Waals surface area (Å²) in [7, 11) is 5.57. The van der Waals surface area contributed by atoms with Crippen molar-refractivity contribution in [1.29, 1.82) is 0 Å². The molecule has 1 aromatic carbocycles. The third-order valence-corrected chi connectivity index (χ3v) is 4.71. The number of anilines is 2. The van der Waals surface area contributed by atoms with Gasteiger partial charge in [0.25, 0.3) is 0 Å². The summed E-state index contributed by atoms with van der Waals surface area (Å²) >= 11 is 0. The molecule has 1 atom stereocenters. The highest BCUT2D eigenvalue weighted by atomic mass is 16.5. The number of methoxy groups -OCH3 is 1. The van der Waals surface area contributed by atoms with Crippen molar-refractivity contribution in [2.75, 3.05) is 57.7 Å². The van der Waals surface area contributed by atoms with Gasteiger partial charge in [-0.15, -0.1) is 0 Å². The van der Waals surface area contributed by atoms with E-state index in [1.54, 1.807) is 19.4 Å². The monoisotopic (exact) mass is 399 g/mol. The maximum Gasteiger partial charge on any atom is 0.319 e. The number of urea groups is 1. The first-order valence-electron chi connectivity index (χ1n) is 9.74. The van der Waals surface area contributed by atoms with Crippen LogP contribution >= 0.6 is 0 Å². The number of pyridine rings is 1. The zero-order valence-corrected chi connectivity index (χ0v) is 17.2. The third kappa shape index (κ3) is 5.99. The number of amides is 2. The van der Waals surface area contributed by atoms with Gasteiger partial charge in [-0.25, -0.2) is 9.78 Å². The molecule has 8 heteroatoms. The fourth-order valence-corrected chi connectivity index (χ4v) is 3.18. The number of benzene rings is 1. The van der Waals surface area contributed by atoms with E-state index in [1.807, 2.05) is 49.3 Å². The first-order chi connectivity index (χ1) is 14.0. The van der Waals surface area contributed by atoms with E-state index in [0.717, 1.165) is 31.9 Å². The minimum Gasteiger partial charge on any atom is -0.493 e. The Bertz CT molecular complexity index is 800. The van der Waals surface area contributed by atoms with Gasteiger partial charge in [0.05, 0.1) is 7.11 Å². The van der Waals surface area contributed by atoms with Gasteiger partial charge in [0, 0.05) is 43.6 Å². The summed E-state index contributed by atoms with van der Waals surface area (Å²) in [5, 5.41) is 5.90. The summed E-state index contributed by atoms with van der Waals surface area (Å²) in [5.74, 6) is 2.18. The predicted molar refractivity (Wildman–Crippen MR) is 114 cm³/mol. The second kappa shape index (κ2) is 9.97. The number of likely N-dealkylation sites (N-methyl/N-ethyl adjacent to an activating group) is 1. The van der Waals surface area contributed by atoms with Gasteiger partial charge in [-0.05, 0) is 44.8 Å². The number of nitrogens with one attached hydrogen (secondary N) is 2. The molecule has 0 radical (unpaired) electrons. The van der Waals surface area contributed by atoms with E-state index in [0.29, 0.717) is 23.8 Å². The van der Waals surface area contributed by atoms with Gasteiger partial charge in [0.15, 0.2) is 11.5 Å². The molecular formula is C21H29N5O3. The Morgan fingerprint density at radius 1 is 1.28 bits per heavy atom. The largest absolute Gasteiger partial charge is 0.493 e. The Balaban J connectivity index is 1.51. The second-order valence-corrected chi connectivity index (χ2v) is 7.24. The molecule has 8 nitrogen and oxygen atoms in total. The number of aromatic nitrogens is 1. The molecule has 1 aliphatic heterocycles. The number of carbonyl (C=O) groups excluding carboxylic acids is 1. The van der Waals surface area contributed by atoms with Crippen LogP contribution in [0.2, 0.25) is 0 Å². The number of rotatable bonds is 8. The van der Waals surface area contributed by atoms with Crippen molar-refractivity contribution in [2.45, 2.75) is 12.5 Å². The van der Waals surface area contributed by atoms with E-state index >= 15 is 0 Å². The van der Waals surface area contributed by atoms with Gasteiger partial charge in [-0.1, -0.05) is 6.07 Å². The lowest BCUT2D eigenvalue weighted by Crippen LogP contribution is -2.39. The molecule has 1 aromatic heterocycles. The van der Waals surface area contributed by atoms with Crippen LogP contribution in [0, 0.1) is 0 Å². The Labute approximate surface area is 171 Å². The summed E-state index contributed by atoms with van der Waals surface area (Å²) < 4.78 is 11.2. The average molecular weight is 399 g/mol. The van der Waals surface area contributed by atoms with Crippen LogP contribution in [-0.4, -0.2) is 69.4 Å². The lowest BCUT2D eigenvalue weighted by molar-refractivity contribution is 0.248. The maximum atomic E-state index is 12.4. The Hall–Kier alpha value is -3.00. The first kappa shape index (κ1) is 20.7. The maximum absolute atomic E-state index is 12.4. The molecule has 1 aliphatic rings. The molecule has 29 heavy (non-hydrogen) atoms. The fraction of sp³-hybridized carbons (Fsp3) is 0.429. The van der Waals surface area contributed by atoms with Crippen molar-refractivity contribution in [3.63, 3.8) is 0 Å². The number of hydrogen-bond donors (Lipinski definition) is 2. The highest BCUT2D eigenvalue weighted by Crippen LogP contribution is 2.30. The molecule has 0 bridgehead atoms. The van der Waals surface area contributed by atoms with Crippen LogP contribution in [0.3, 0.4) is 0 Å². The van der Waals surface area contributed by atoms with Gasteiger partial charge in [0.2, 0.25) is 0 Å². The molecule has 2 aromatic rings. The van der Waals surface area contributed by atoms with E-state index in [1.165, 1.54) is 0 Å². The molecule has 156 valence electrons. The SMILES string of the molecule is COc1cc(NC(=O)NC2CCN(c3ccccn3)C2)ccc1OCCN(C)C. The second-order valence-electron chi connectivity index (χ2n) is 7.24. The van der Waals surface area contributed by atoms with Crippen LogP contribution in [0.4, 0.5) is 16.3 Å². The third-order valence-electron chi connectivity index (χ3n) is 4.71. The van der Waals surface area contributed by atoms with E-state index in [2.05, 4.69) is 20.5 Å². The molecule has 1 unspecified atom stereocenters. The molecule has 2 N–H and O–H groups in total. The van der Waals surface area contributed by atoms with E-state index < -0.39 is 0 Å². The van der Waals surface area contributed by atoms with Crippen LogP contribution in [-0.2, 0) is 0 Å². The van der Waals surface area contributed by atoms with Gasteiger partial charge < -0.3 is 29.9 Å². The quantitative estimate of drug-likeness (QED) is 0.710. The topological polar surface area (TPSA) is 79.0 Å². The van der Waals surface area contributed by atoms with Crippen molar-refractivity contribution in [3.8, 4) is 11.5 Å². The Morgan fingerprint density at radius 3 is 2.86 bits per heavy atom. The molecule has 0 saturated carbocycles. The molecule has 0 spiro atoms. The summed E-state index contributed by atoms with van der Waals surface area (Å²) in [6.45, 7) is 2.98. The fourth-order valence-electron chi connectivity index (χ4n) is 3.18. The number of hydrogen-bond acceptors (Lipinski definition) is 6. The number of ether oxygens (including phenoxy) is 2. The highest BCUT2D eigenvalue weighted by molar-refractivity contribution is 5.90. The molecular weight excluding hydrogens is 370 g/mol. The lowest BCUT2D eigenvalue weighted by Gasteiger charge is -2.18. The van der Waals surface area contributed by atoms with Crippen molar-refractivity contribution in [3.05, 3.63) is 42.6 Å². The summed E-state index contributed by atoms with van der Waals surface area (Å²) in [4.78, 5) is 21.0. The highest BCUT2D eigenvalue weighted by Gasteiger charge is 2.24. The summed E-state index contributed by atoms with van der Waals surface area (Å²) in [6.07, 6.45) is 2.66. The zero-order chi connectivity index (χ0) is 20.6. The predicted octanol–water partition coefficient (Wildman–Crippen LogP) is 2.43. The molecule has 2 heterocycles. The van der Waals surface area contributed by atoms with E-state index in [4.69, 9.17) is 9.47 Å². The van der Waals surface area contributed by atoms with Gasteiger partial charge in [-0.3, -0.25) is 0 Å². The zero-order valence-electron chi connectivity index (χ0n) is 17.2. The van der Waals surface area contributed by atoms with Crippen LogP contribution in [0.15, 0.2) is 42.6 Å².